The quantitative estimate of drug-likeness (QED) is 0.778. The molecule has 112 valence electrons. The first kappa shape index (κ1) is 15.7. The lowest BCUT2D eigenvalue weighted by Gasteiger charge is -2.04. The van der Waals surface area contributed by atoms with Gasteiger partial charge in [-0.25, -0.2) is 0 Å². The number of carboxylic acids is 1. The van der Waals surface area contributed by atoms with Crippen LogP contribution in [0.15, 0.2) is 72.9 Å². The van der Waals surface area contributed by atoms with Crippen LogP contribution in [-0.2, 0) is 11.2 Å². The summed E-state index contributed by atoms with van der Waals surface area (Å²) in [6.07, 6.45) is 2.19. The van der Waals surface area contributed by atoms with E-state index in [0.29, 0.717) is 6.42 Å². The second kappa shape index (κ2) is 7.90. The predicted molar refractivity (Wildman–Crippen MR) is 87.5 cm³/mol. The van der Waals surface area contributed by atoms with Gasteiger partial charge in [-0.3, -0.25) is 9.78 Å². The highest BCUT2D eigenvalue weighted by atomic mass is 16.4. The Kier molecular flexibility index (Phi) is 5.63. The van der Waals surface area contributed by atoms with Crippen LogP contribution in [0.2, 0.25) is 0 Å². The van der Waals surface area contributed by atoms with E-state index in [2.05, 4.69) is 17.1 Å². The maximum absolute atomic E-state index is 10.4. The average molecular weight is 294 g/mol. The fourth-order valence-corrected chi connectivity index (χ4v) is 1.97. The van der Waals surface area contributed by atoms with Gasteiger partial charge in [0.25, 0.3) is 0 Å². The molecule has 3 rings (SSSR count). The van der Waals surface area contributed by atoms with E-state index in [-0.39, 0.29) is 0 Å². The molecule has 1 heterocycles. The SMILES string of the molecule is NC(Cc1ccccc1)C(=O)O.c1ccc2ncccc2c1. The lowest BCUT2D eigenvalue weighted by molar-refractivity contribution is -0.138. The lowest BCUT2D eigenvalue weighted by atomic mass is 10.1. The number of aromatic nitrogens is 1. The van der Waals surface area contributed by atoms with E-state index in [1.54, 1.807) is 0 Å². The number of fused-ring (bicyclic) bond motifs is 1. The van der Waals surface area contributed by atoms with Crippen molar-refractivity contribution in [2.24, 2.45) is 5.73 Å². The van der Waals surface area contributed by atoms with Crippen LogP contribution in [0.5, 0.6) is 0 Å². The molecule has 0 aliphatic rings. The maximum Gasteiger partial charge on any atom is 0.320 e. The molecule has 1 atom stereocenters. The number of para-hydroxylation sites is 1. The molecule has 0 aliphatic carbocycles. The van der Waals surface area contributed by atoms with Crippen LogP contribution in [0.4, 0.5) is 0 Å². The summed E-state index contributed by atoms with van der Waals surface area (Å²) in [6, 6.07) is 20.6. The minimum Gasteiger partial charge on any atom is -0.480 e. The number of carbonyl (C=O) groups is 1. The van der Waals surface area contributed by atoms with Crippen molar-refractivity contribution in [1.82, 2.24) is 4.98 Å². The number of benzene rings is 2. The molecule has 1 unspecified atom stereocenters. The zero-order valence-electron chi connectivity index (χ0n) is 12.1. The van der Waals surface area contributed by atoms with Crippen LogP contribution in [0.3, 0.4) is 0 Å². The fourth-order valence-electron chi connectivity index (χ4n) is 1.97. The number of aliphatic carboxylic acids is 1. The third kappa shape index (κ3) is 4.68. The number of nitrogens with zero attached hydrogens (tertiary/aromatic N) is 1. The standard InChI is InChI=1S/C9H11NO2.C9H7N/c10-8(9(11)12)6-7-4-2-1-3-5-7;1-2-6-9-8(4-1)5-3-7-10-9/h1-5,8H,6,10H2,(H,11,12);1-7H. The third-order valence-corrected chi connectivity index (χ3v) is 3.13. The summed E-state index contributed by atoms with van der Waals surface area (Å²) >= 11 is 0. The zero-order valence-corrected chi connectivity index (χ0v) is 12.1. The first-order valence-corrected chi connectivity index (χ1v) is 6.99. The highest BCUT2D eigenvalue weighted by molar-refractivity contribution is 5.77. The van der Waals surface area contributed by atoms with Crippen molar-refractivity contribution in [2.75, 3.05) is 0 Å². The Morgan fingerprint density at radius 3 is 2.32 bits per heavy atom. The highest BCUT2D eigenvalue weighted by Gasteiger charge is 2.10. The molecule has 0 saturated heterocycles. The van der Waals surface area contributed by atoms with E-state index in [1.807, 2.05) is 60.8 Å². The molecule has 2 aromatic carbocycles. The van der Waals surface area contributed by atoms with Gasteiger partial charge in [-0.1, -0.05) is 54.6 Å². The zero-order chi connectivity index (χ0) is 15.8. The van der Waals surface area contributed by atoms with Gasteiger partial charge in [-0.15, -0.1) is 0 Å². The van der Waals surface area contributed by atoms with Crippen molar-refractivity contribution in [2.45, 2.75) is 12.5 Å². The second-order valence-electron chi connectivity index (χ2n) is 4.83. The van der Waals surface area contributed by atoms with Crippen molar-refractivity contribution in [1.29, 1.82) is 0 Å². The number of nitrogens with two attached hydrogens (primary N) is 1. The van der Waals surface area contributed by atoms with Gasteiger partial charge in [0.2, 0.25) is 0 Å². The monoisotopic (exact) mass is 294 g/mol. The smallest absolute Gasteiger partial charge is 0.320 e. The van der Waals surface area contributed by atoms with E-state index in [0.717, 1.165) is 11.1 Å². The molecule has 0 amide bonds. The van der Waals surface area contributed by atoms with Crippen LogP contribution in [-0.4, -0.2) is 22.1 Å². The van der Waals surface area contributed by atoms with Gasteiger partial charge >= 0.3 is 5.97 Å². The molecule has 3 N–H and O–H groups in total. The molecule has 4 nitrogen and oxygen atoms in total. The van der Waals surface area contributed by atoms with Gasteiger partial charge in [0.05, 0.1) is 5.52 Å². The number of hydrogen-bond acceptors (Lipinski definition) is 3. The van der Waals surface area contributed by atoms with Gasteiger partial charge in [-0.2, -0.15) is 0 Å². The molecular weight excluding hydrogens is 276 g/mol. The summed E-state index contributed by atoms with van der Waals surface area (Å²) < 4.78 is 0. The molecule has 0 saturated carbocycles. The van der Waals surface area contributed by atoms with Crippen LogP contribution in [0.25, 0.3) is 10.9 Å². The molecule has 3 aromatic rings. The first-order chi connectivity index (χ1) is 10.7. The van der Waals surface area contributed by atoms with Gasteiger partial charge in [-0.05, 0) is 24.1 Å². The van der Waals surface area contributed by atoms with Crippen molar-refractivity contribution in [3.63, 3.8) is 0 Å². The Morgan fingerprint density at radius 2 is 1.64 bits per heavy atom. The van der Waals surface area contributed by atoms with Crippen LogP contribution < -0.4 is 5.73 Å². The van der Waals surface area contributed by atoms with Crippen LogP contribution in [0.1, 0.15) is 5.56 Å². The van der Waals surface area contributed by atoms with Crippen LogP contribution in [0, 0.1) is 0 Å². The van der Waals surface area contributed by atoms with Crippen molar-refractivity contribution in [3.05, 3.63) is 78.5 Å². The summed E-state index contributed by atoms with van der Waals surface area (Å²) in [5.41, 5.74) is 7.36. The predicted octanol–water partition coefficient (Wildman–Crippen LogP) is 2.88. The molecule has 0 bridgehead atoms. The Labute approximate surface area is 129 Å². The second-order valence-corrected chi connectivity index (χ2v) is 4.83. The number of pyridine rings is 1. The molecule has 1 aromatic heterocycles. The summed E-state index contributed by atoms with van der Waals surface area (Å²) in [6.45, 7) is 0. The van der Waals surface area contributed by atoms with E-state index in [1.165, 1.54) is 5.39 Å². The summed E-state index contributed by atoms with van der Waals surface area (Å²) in [5, 5.41) is 9.72. The minimum absolute atomic E-state index is 0.385. The largest absolute Gasteiger partial charge is 0.480 e. The number of hydrogen-bond donors (Lipinski definition) is 2. The lowest BCUT2D eigenvalue weighted by Crippen LogP contribution is -2.32. The van der Waals surface area contributed by atoms with E-state index in [4.69, 9.17) is 10.8 Å². The maximum atomic E-state index is 10.4. The first-order valence-electron chi connectivity index (χ1n) is 6.99. The van der Waals surface area contributed by atoms with E-state index >= 15 is 0 Å². The number of rotatable bonds is 3. The Balaban J connectivity index is 0.000000162. The summed E-state index contributed by atoms with van der Waals surface area (Å²) in [7, 11) is 0. The topological polar surface area (TPSA) is 76.2 Å². The minimum atomic E-state index is -0.959. The van der Waals surface area contributed by atoms with Gasteiger partial charge in [0.1, 0.15) is 6.04 Å². The van der Waals surface area contributed by atoms with Crippen molar-refractivity contribution >= 4 is 16.9 Å². The molecule has 0 radical (unpaired) electrons. The highest BCUT2D eigenvalue weighted by Crippen LogP contribution is 2.07. The van der Waals surface area contributed by atoms with Crippen molar-refractivity contribution in [3.8, 4) is 0 Å². The Bertz CT molecular complexity index is 664. The van der Waals surface area contributed by atoms with Crippen molar-refractivity contribution < 1.29 is 9.90 Å². The van der Waals surface area contributed by atoms with Gasteiger partial charge in [0.15, 0.2) is 0 Å². The van der Waals surface area contributed by atoms with E-state index < -0.39 is 12.0 Å². The summed E-state index contributed by atoms with van der Waals surface area (Å²) in [5.74, 6) is -0.959. The molecule has 4 heteroatoms. The molecule has 0 aliphatic heterocycles. The van der Waals surface area contributed by atoms with Gasteiger partial charge < -0.3 is 10.8 Å². The molecule has 0 spiro atoms. The Hall–Kier alpha value is -2.72. The van der Waals surface area contributed by atoms with Crippen LogP contribution >= 0.6 is 0 Å². The summed E-state index contributed by atoms with van der Waals surface area (Å²) in [4.78, 5) is 14.6. The normalized spacial score (nSPS) is 11.3. The molecule has 0 fully saturated rings. The fraction of sp³-hybridized carbons (Fsp3) is 0.111. The third-order valence-electron chi connectivity index (χ3n) is 3.13. The molecule has 22 heavy (non-hydrogen) atoms. The molecular formula is C18H18N2O2. The number of carboxylic acid groups (broad SMARTS) is 1. The Morgan fingerprint density at radius 1 is 1.00 bits per heavy atom. The average Bonchev–Trinajstić information content (AvgIpc) is 2.56. The van der Waals surface area contributed by atoms with Gasteiger partial charge in [0, 0.05) is 11.6 Å². The van der Waals surface area contributed by atoms with E-state index in [9.17, 15) is 4.79 Å².